The number of morpholine rings is 1. The molecule has 1 aromatic carbocycles. The number of Topliss-reactive ketones (excluding diaryl/α,β-unsaturated/α-hetero) is 1. The number of halogens is 1. The van der Waals surface area contributed by atoms with E-state index in [4.69, 9.17) is 14.2 Å². The standard InChI is InChI=1S/C27H35FN4O3/c1-18-22(17-35-31-18)24(33)15-21(19-7-5-3-2-4-6-8-19)27-29-23-10-9-20(25(28)26(23)30-27)16-32-11-13-34-14-12-32/h9-10,17,19,21H,2-8,11-16H2,1H3,(H,29,30). The van der Waals surface area contributed by atoms with Crippen molar-refractivity contribution in [3.8, 4) is 0 Å². The number of ketones is 1. The van der Waals surface area contributed by atoms with E-state index in [-0.39, 0.29) is 17.5 Å². The summed E-state index contributed by atoms with van der Waals surface area (Å²) in [5, 5.41) is 3.88. The van der Waals surface area contributed by atoms with Crippen molar-refractivity contribution < 1.29 is 18.4 Å². The van der Waals surface area contributed by atoms with Gasteiger partial charge in [0, 0.05) is 37.5 Å². The molecule has 3 heterocycles. The number of nitrogens with one attached hydrogen (secondary N) is 1. The maximum Gasteiger partial charge on any atom is 0.168 e. The third-order valence-electron chi connectivity index (χ3n) is 7.71. The Bertz CT molecular complexity index is 1140. The third-order valence-corrected chi connectivity index (χ3v) is 7.71. The van der Waals surface area contributed by atoms with Crippen LogP contribution >= 0.6 is 0 Å². The molecule has 5 rings (SSSR count). The van der Waals surface area contributed by atoms with Gasteiger partial charge in [0.2, 0.25) is 0 Å². The quantitative estimate of drug-likeness (QED) is 0.445. The van der Waals surface area contributed by atoms with Gasteiger partial charge in [-0.2, -0.15) is 0 Å². The van der Waals surface area contributed by atoms with Crippen LogP contribution in [0.2, 0.25) is 0 Å². The second-order valence-electron chi connectivity index (χ2n) is 10.1. The smallest absolute Gasteiger partial charge is 0.168 e. The maximum absolute atomic E-state index is 15.6. The zero-order valence-electron chi connectivity index (χ0n) is 20.5. The summed E-state index contributed by atoms with van der Waals surface area (Å²) in [4.78, 5) is 23.6. The van der Waals surface area contributed by atoms with E-state index in [2.05, 4.69) is 15.0 Å². The van der Waals surface area contributed by atoms with Crippen LogP contribution in [0.1, 0.15) is 84.7 Å². The molecule has 1 atom stereocenters. The molecule has 1 N–H and O–H groups in total. The third kappa shape index (κ3) is 5.48. The van der Waals surface area contributed by atoms with Crippen LogP contribution in [0, 0.1) is 18.7 Å². The first-order valence-electron chi connectivity index (χ1n) is 13.0. The normalized spacial score (nSPS) is 19.5. The molecule has 7 nitrogen and oxygen atoms in total. The minimum absolute atomic E-state index is 0.00439. The number of benzene rings is 1. The maximum atomic E-state index is 15.6. The molecule has 2 fully saturated rings. The topological polar surface area (TPSA) is 84.2 Å². The van der Waals surface area contributed by atoms with Crippen molar-refractivity contribution in [1.29, 1.82) is 0 Å². The molecule has 0 radical (unpaired) electrons. The summed E-state index contributed by atoms with van der Waals surface area (Å²) in [5.74, 6) is 0.689. The number of rotatable bonds is 7. The van der Waals surface area contributed by atoms with Crippen molar-refractivity contribution in [3.63, 3.8) is 0 Å². The molecule has 1 unspecified atom stereocenters. The molecule has 1 saturated heterocycles. The number of imidazole rings is 1. The van der Waals surface area contributed by atoms with E-state index in [9.17, 15) is 4.79 Å². The SMILES string of the molecule is Cc1nocc1C(=O)CC(c1nc2c(F)c(CN3CCOCC3)ccc2[nH]1)C1CCCCCCC1. The zero-order chi connectivity index (χ0) is 24.2. The Morgan fingerprint density at radius 3 is 2.63 bits per heavy atom. The van der Waals surface area contributed by atoms with Gasteiger partial charge in [-0.1, -0.05) is 43.3 Å². The number of H-pyrrole nitrogens is 1. The predicted octanol–water partition coefficient (Wildman–Crippen LogP) is 5.55. The lowest BCUT2D eigenvalue weighted by atomic mass is 9.78. The molecule has 1 aliphatic carbocycles. The highest BCUT2D eigenvalue weighted by atomic mass is 19.1. The average Bonchev–Trinajstić information content (AvgIpc) is 3.47. The van der Waals surface area contributed by atoms with E-state index in [1.807, 2.05) is 12.1 Å². The molecule has 1 saturated carbocycles. The minimum Gasteiger partial charge on any atom is -0.379 e. The van der Waals surface area contributed by atoms with Gasteiger partial charge in [-0.3, -0.25) is 9.69 Å². The van der Waals surface area contributed by atoms with Gasteiger partial charge in [0.25, 0.3) is 0 Å². The summed E-state index contributed by atoms with van der Waals surface area (Å²) >= 11 is 0. The Balaban J connectivity index is 1.45. The summed E-state index contributed by atoms with van der Waals surface area (Å²) < 4.78 is 26.0. The Morgan fingerprint density at radius 2 is 1.91 bits per heavy atom. The largest absolute Gasteiger partial charge is 0.379 e. The molecular weight excluding hydrogens is 447 g/mol. The first-order valence-corrected chi connectivity index (χ1v) is 13.0. The van der Waals surface area contributed by atoms with Crippen LogP contribution in [-0.2, 0) is 11.3 Å². The number of carbonyl (C=O) groups excluding carboxylic acids is 1. The fourth-order valence-corrected chi connectivity index (χ4v) is 5.65. The fraction of sp³-hybridized carbons (Fsp3) is 0.593. The molecule has 2 aliphatic rings. The molecule has 2 aromatic heterocycles. The van der Waals surface area contributed by atoms with Crippen LogP contribution in [-0.4, -0.2) is 52.1 Å². The molecular formula is C27H35FN4O3. The van der Waals surface area contributed by atoms with Gasteiger partial charge in [-0.25, -0.2) is 9.37 Å². The number of aromatic amines is 1. The second kappa shape index (κ2) is 11.0. The number of aryl methyl sites for hydroxylation is 1. The number of aromatic nitrogens is 3. The Labute approximate surface area is 205 Å². The number of nitrogens with zero attached hydrogens (tertiary/aromatic N) is 3. The molecule has 188 valence electrons. The lowest BCUT2D eigenvalue weighted by Gasteiger charge is -2.27. The van der Waals surface area contributed by atoms with E-state index < -0.39 is 0 Å². The monoisotopic (exact) mass is 482 g/mol. The van der Waals surface area contributed by atoms with Crippen molar-refractivity contribution in [2.75, 3.05) is 26.3 Å². The Morgan fingerprint density at radius 1 is 1.17 bits per heavy atom. The number of hydrogen-bond acceptors (Lipinski definition) is 6. The fourth-order valence-electron chi connectivity index (χ4n) is 5.65. The van der Waals surface area contributed by atoms with E-state index in [0.717, 1.165) is 44.6 Å². The zero-order valence-corrected chi connectivity index (χ0v) is 20.5. The molecule has 35 heavy (non-hydrogen) atoms. The van der Waals surface area contributed by atoms with Crippen molar-refractivity contribution in [3.05, 3.63) is 46.9 Å². The summed E-state index contributed by atoms with van der Waals surface area (Å²) in [6.07, 6.45) is 9.89. The lowest BCUT2D eigenvalue weighted by Crippen LogP contribution is -2.35. The number of hydrogen-bond donors (Lipinski definition) is 1. The Kier molecular flexibility index (Phi) is 7.58. The van der Waals surface area contributed by atoms with Crippen LogP contribution < -0.4 is 0 Å². The number of carbonyl (C=O) groups is 1. The molecule has 1 aliphatic heterocycles. The lowest BCUT2D eigenvalue weighted by molar-refractivity contribution is 0.0337. The second-order valence-corrected chi connectivity index (χ2v) is 10.1. The van der Waals surface area contributed by atoms with E-state index in [1.165, 1.54) is 25.5 Å². The first-order chi connectivity index (χ1) is 17.1. The highest BCUT2D eigenvalue weighted by Crippen LogP contribution is 2.38. The predicted molar refractivity (Wildman–Crippen MR) is 131 cm³/mol. The van der Waals surface area contributed by atoms with Crippen molar-refractivity contribution in [2.45, 2.75) is 70.8 Å². The van der Waals surface area contributed by atoms with Crippen molar-refractivity contribution in [1.82, 2.24) is 20.0 Å². The summed E-state index contributed by atoms with van der Waals surface area (Å²) in [6.45, 7) is 5.30. The van der Waals surface area contributed by atoms with Crippen LogP contribution in [0.15, 0.2) is 22.9 Å². The number of ether oxygens (including phenoxy) is 1. The first kappa shape index (κ1) is 24.1. The minimum atomic E-state index is -0.269. The van der Waals surface area contributed by atoms with Crippen molar-refractivity contribution >= 4 is 16.8 Å². The Hall–Kier alpha value is -2.58. The van der Waals surface area contributed by atoms with E-state index >= 15 is 4.39 Å². The van der Waals surface area contributed by atoms with Gasteiger partial charge in [0.15, 0.2) is 11.6 Å². The highest BCUT2D eigenvalue weighted by Gasteiger charge is 2.30. The summed E-state index contributed by atoms with van der Waals surface area (Å²) in [5.41, 5.74) is 2.84. The van der Waals surface area contributed by atoms with E-state index in [1.54, 1.807) is 6.92 Å². The van der Waals surface area contributed by atoms with Gasteiger partial charge in [0.1, 0.15) is 17.6 Å². The van der Waals surface area contributed by atoms with Gasteiger partial charge in [-0.05, 0) is 31.7 Å². The van der Waals surface area contributed by atoms with Gasteiger partial charge >= 0.3 is 0 Å². The van der Waals surface area contributed by atoms with Crippen LogP contribution in [0.25, 0.3) is 11.0 Å². The van der Waals surface area contributed by atoms with Gasteiger partial charge in [0.05, 0.1) is 30.0 Å². The summed E-state index contributed by atoms with van der Waals surface area (Å²) in [6, 6.07) is 3.78. The van der Waals surface area contributed by atoms with Crippen molar-refractivity contribution in [2.24, 2.45) is 5.92 Å². The molecule has 0 bridgehead atoms. The van der Waals surface area contributed by atoms with Gasteiger partial charge in [-0.15, -0.1) is 0 Å². The molecule has 0 spiro atoms. The van der Waals surface area contributed by atoms with Crippen LogP contribution in [0.3, 0.4) is 0 Å². The van der Waals surface area contributed by atoms with Gasteiger partial charge < -0.3 is 14.2 Å². The molecule has 0 amide bonds. The van der Waals surface area contributed by atoms with Crippen LogP contribution in [0.4, 0.5) is 4.39 Å². The molecule has 3 aromatic rings. The highest BCUT2D eigenvalue weighted by molar-refractivity contribution is 5.97. The summed E-state index contributed by atoms with van der Waals surface area (Å²) in [7, 11) is 0. The molecule has 8 heteroatoms. The van der Waals surface area contributed by atoms with Crippen LogP contribution in [0.5, 0.6) is 0 Å². The van der Waals surface area contributed by atoms with E-state index in [0.29, 0.717) is 60.0 Å². The number of fused-ring (bicyclic) bond motifs is 1. The average molecular weight is 483 g/mol.